The number of benzene rings is 1. The van der Waals surface area contributed by atoms with Crippen molar-refractivity contribution in [2.45, 2.75) is 6.04 Å². The van der Waals surface area contributed by atoms with Crippen LogP contribution in [0.15, 0.2) is 18.2 Å². The number of urea groups is 1. The first kappa shape index (κ1) is 11.5. The summed E-state index contributed by atoms with van der Waals surface area (Å²) in [6.07, 6.45) is 0. The van der Waals surface area contributed by atoms with Gasteiger partial charge in [0.15, 0.2) is 0 Å². The highest BCUT2D eigenvalue weighted by molar-refractivity contribution is 6.35. The number of carbonyl (C=O) groups excluding carboxylic acids is 1. The molecule has 1 atom stereocenters. The lowest BCUT2D eigenvalue weighted by molar-refractivity contribution is 0.251. The molecule has 1 aromatic rings. The number of anilines is 1. The Hall–Kier alpha value is -0.970. The maximum Gasteiger partial charge on any atom is 0.322 e. The number of halogens is 2. The van der Waals surface area contributed by atoms with E-state index in [9.17, 15) is 4.79 Å². The first-order chi connectivity index (χ1) is 7.60. The summed E-state index contributed by atoms with van der Waals surface area (Å²) in [5.41, 5.74) is 6.19. The molecule has 1 aromatic carbocycles. The summed E-state index contributed by atoms with van der Waals surface area (Å²) in [5, 5.41) is 3.78. The second-order valence-corrected chi connectivity index (χ2v) is 4.49. The van der Waals surface area contributed by atoms with Crippen molar-refractivity contribution in [1.29, 1.82) is 0 Å². The summed E-state index contributed by atoms with van der Waals surface area (Å²) in [6, 6.07) is 4.83. The fraction of sp³-hybridized carbons (Fsp3) is 0.300. The van der Waals surface area contributed by atoms with Crippen LogP contribution < -0.4 is 16.0 Å². The van der Waals surface area contributed by atoms with Gasteiger partial charge in [-0.1, -0.05) is 23.2 Å². The predicted octanol–water partition coefficient (Wildman–Crippen LogP) is 1.85. The van der Waals surface area contributed by atoms with Crippen molar-refractivity contribution in [3.05, 3.63) is 28.2 Å². The standard InChI is InChI=1S/C10H11Cl2N3O/c11-6-1-7(12)3-9(2-6)15-5-8(4-13)14-10(15)16/h1-3,8H,4-5,13H2,(H,14,16). The van der Waals surface area contributed by atoms with E-state index < -0.39 is 0 Å². The molecule has 0 spiro atoms. The van der Waals surface area contributed by atoms with Gasteiger partial charge in [0.25, 0.3) is 0 Å². The molecule has 86 valence electrons. The molecular formula is C10H11Cl2N3O. The van der Waals surface area contributed by atoms with Gasteiger partial charge in [0.2, 0.25) is 0 Å². The maximum atomic E-state index is 11.6. The number of hydrogen-bond acceptors (Lipinski definition) is 2. The van der Waals surface area contributed by atoms with Crippen LogP contribution in [0, 0.1) is 0 Å². The van der Waals surface area contributed by atoms with Crippen molar-refractivity contribution in [3.8, 4) is 0 Å². The second kappa shape index (κ2) is 4.49. The Morgan fingerprint density at radius 1 is 1.38 bits per heavy atom. The molecule has 1 unspecified atom stereocenters. The number of nitrogens with two attached hydrogens (primary N) is 1. The third-order valence-electron chi connectivity index (χ3n) is 2.42. The molecule has 2 rings (SSSR count). The lowest BCUT2D eigenvalue weighted by Gasteiger charge is -2.15. The first-order valence-corrected chi connectivity index (χ1v) is 5.60. The van der Waals surface area contributed by atoms with E-state index in [2.05, 4.69) is 5.32 Å². The van der Waals surface area contributed by atoms with E-state index in [4.69, 9.17) is 28.9 Å². The number of rotatable bonds is 2. The normalized spacial score (nSPS) is 20.1. The SMILES string of the molecule is NCC1CN(c2cc(Cl)cc(Cl)c2)C(=O)N1. The minimum Gasteiger partial charge on any atom is -0.332 e. The minimum absolute atomic E-state index is 0.0229. The van der Waals surface area contributed by atoms with Gasteiger partial charge in [-0.05, 0) is 18.2 Å². The highest BCUT2D eigenvalue weighted by Crippen LogP contribution is 2.26. The van der Waals surface area contributed by atoms with Gasteiger partial charge in [0.1, 0.15) is 0 Å². The fourth-order valence-corrected chi connectivity index (χ4v) is 2.17. The van der Waals surface area contributed by atoms with Gasteiger partial charge in [-0.3, -0.25) is 4.90 Å². The molecule has 6 heteroatoms. The van der Waals surface area contributed by atoms with Crippen LogP contribution in [-0.2, 0) is 0 Å². The molecule has 1 heterocycles. The Kier molecular flexibility index (Phi) is 3.23. The molecule has 1 fully saturated rings. The van der Waals surface area contributed by atoms with E-state index in [-0.39, 0.29) is 12.1 Å². The molecular weight excluding hydrogens is 249 g/mol. The Morgan fingerprint density at radius 2 is 2.00 bits per heavy atom. The topological polar surface area (TPSA) is 58.4 Å². The van der Waals surface area contributed by atoms with Crippen LogP contribution in [0.25, 0.3) is 0 Å². The van der Waals surface area contributed by atoms with Crippen LogP contribution in [0.2, 0.25) is 10.0 Å². The Balaban J connectivity index is 2.27. The quantitative estimate of drug-likeness (QED) is 0.852. The van der Waals surface area contributed by atoms with Crippen LogP contribution in [0.3, 0.4) is 0 Å². The van der Waals surface area contributed by atoms with Gasteiger partial charge in [-0.25, -0.2) is 4.79 Å². The van der Waals surface area contributed by atoms with Crippen molar-refractivity contribution in [2.24, 2.45) is 5.73 Å². The molecule has 0 saturated carbocycles. The van der Waals surface area contributed by atoms with Crippen LogP contribution in [0.1, 0.15) is 0 Å². The molecule has 0 aromatic heterocycles. The van der Waals surface area contributed by atoms with Crippen LogP contribution in [-0.4, -0.2) is 25.2 Å². The molecule has 2 amide bonds. The summed E-state index contributed by atoms with van der Waals surface area (Å²) in [6.45, 7) is 0.947. The third-order valence-corrected chi connectivity index (χ3v) is 2.86. The number of amides is 2. The molecule has 1 aliphatic rings. The summed E-state index contributed by atoms with van der Waals surface area (Å²) in [7, 11) is 0. The largest absolute Gasteiger partial charge is 0.332 e. The minimum atomic E-state index is -0.172. The van der Waals surface area contributed by atoms with Crippen molar-refractivity contribution in [1.82, 2.24) is 5.32 Å². The molecule has 0 radical (unpaired) electrons. The second-order valence-electron chi connectivity index (χ2n) is 3.62. The van der Waals surface area contributed by atoms with Crippen LogP contribution in [0.4, 0.5) is 10.5 Å². The molecule has 0 aliphatic carbocycles. The van der Waals surface area contributed by atoms with E-state index in [0.29, 0.717) is 28.8 Å². The molecule has 0 bridgehead atoms. The molecule has 1 saturated heterocycles. The first-order valence-electron chi connectivity index (χ1n) is 4.84. The average Bonchev–Trinajstić information content (AvgIpc) is 2.58. The van der Waals surface area contributed by atoms with Gasteiger partial charge in [0, 0.05) is 28.8 Å². The van der Waals surface area contributed by atoms with E-state index >= 15 is 0 Å². The smallest absolute Gasteiger partial charge is 0.322 e. The van der Waals surface area contributed by atoms with E-state index in [0.717, 1.165) is 0 Å². The summed E-state index contributed by atoms with van der Waals surface area (Å²) >= 11 is 11.8. The number of hydrogen-bond donors (Lipinski definition) is 2. The highest BCUT2D eigenvalue weighted by atomic mass is 35.5. The number of carbonyl (C=O) groups is 1. The summed E-state index contributed by atoms with van der Waals surface area (Å²) in [4.78, 5) is 13.2. The Bertz CT molecular complexity index is 404. The summed E-state index contributed by atoms with van der Waals surface area (Å²) in [5.74, 6) is 0. The van der Waals surface area contributed by atoms with Gasteiger partial charge < -0.3 is 11.1 Å². The van der Waals surface area contributed by atoms with Crippen LogP contribution >= 0.6 is 23.2 Å². The van der Waals surface area contributed by atoms with Crippen molar-refractivity contribution in [3.63, 3.8) is 0 Å². The molecule has 16 heavy (non-hydrogen) atoms. The molecule has 4 nitrogen and oxygen atoms in total. The summed E-state index contributed by atoms with van der Waals surface area (Å²) < 4.78 is 0. The zero-order chi connectivity index (χ0) is 11.7. The Morgan fingerprint density at radius 3 is 2.50 bits per heavy atom. The third kappa shape index (κ3) is 2.24. The number of nitrogens with one attached hydrogen (secondary N) is 1. The number of nitrogens with zero attached hydrogens (tertiary/aromatic N) is 1. The fourth-order valence-electron chi connectivity index (χ4n) is 1.65. The van der Waals surface area contributed by atoms with Gasteiger partial charge in [0.05, 0.1) is 6.04 Å². The average molecular weight is 260 g/mol. The maximum absolute atomic E-state index is 11.6. The van der Waals surface area contributed by atoms with Gasteiger partial charge >= 0.3 is 6.03 Å². The molecule has 3 N–H and O–H groups in total. The van der Waals surface area contributed by atoms with Crippen molar-refractivity contribution < 1.29 is 4.79 Å². The highest BCUT2D eigenvalue weighted by Gasteiger charge is 2.28. The van der Waals surface area contributed by atoms with Crippen LogP contribution in [0.5, 0.6) is 0 Å². The Labute approximate surface area is 103 Å². The van der Waals surface area contributed by atoms with E-state index in [1.807, 2.05) is 0 Å². The van der Waals surface area contributed by atoms with E-state index in [1.54, 1.807) is 23.1 Å². The lowest BCUT2D eigenvalue weighted by atomic mass is 10.2. The zero-order valence-electron chi connectivity index (χ0n) is 8.41. The lowest BCUT2D eigenvalue weighted by Crippen LogP contribution is -2.33. The molecule has 1 aliphatic heterocycles. The van der Waals surface area contributed by atoms with Crippen molar-refractivity contribution >= 4 is 34.9 Å². The van der Waals surface area contributed by atoms with E-state index in [1.165, 1.54) is 0 Å². The predicted molar refractivity (Wildman–Crippen MR) is 65.2 cm³/mol. The van der Waals surface area contributed by atoms with Gasteiger partial charge in [-0.15, -0.1) is 0 Å². The van der Waals surface area contributed by atoms with Gasteiger partial charge in [-0.2, -0.15) is 0 Å². The van der Waals surface area contributed by atoms with Crippen molar-refractivity contribution in [2.75, 3.05) is 18.0 Å². The zero-order valence-corrected chi connectivity index (χ0v) is 9.92. The monoisotopic (exact) mass is 259 g/mol.